The van der Waals surface area contributed by atoms with Gasteiger partial charge < -0.3 is 14.7 Å². The van der Waals surface area contributed by atoms with Crippen LogP contribution in [-0.4, -0.2) is 49.0 Å². The number of rotatable bonds is 3. The van der Waals surface area contributed by atoms with Crippen LogP contribution in [0.1, 0.15) is 38.5 Å². The first kappa shape index (κ1) is 12.3. The standard InChI is InChI=1S/C13H25NO2/c1-14(10-11-6-8-16-9-7-11)12-4-2-3-5-13(12)15/h11-13,15H,2-10H2,1H3/t12-,13-/m0/s1. The van der Waals surface area contributed by atoms with E-state index in [-0.39, 0.29) is 6.10 Å². The lowest BCUT2D eigenvalue weighted by molar-refractivity contribution is 0.00788. The highest BCUT2D eigenvalue weighted by atomic mass is 16.5. The van der Waals surface area contributed by atoms with Crippen LogP contribution in [0.3, 0.4) is 0 Å². The predicted molar refractivity (Wildman–Crippen MR) is 64.4 cm³/mol. The zero-order chi connectivity index (χ0) is 11.4. The van der Waals surface area contributed by atoms with E-state index in [2.05, 4.69) is 11.9 Å². The third kappa shape index (κ3) is 3.19. The van der Waals surface area contributed by atoms with Crippen LogP contribution in [0.5, 0.6) is 0 Å². The molecule has 0 spiro atoms. The summed E-state index contributed by atoms with van der Waals surface area (Å²) in [6.45, 7) is 2.97. The van der Waals surface area contributed by atoms with E-state index in [1.807, 2.05) is 0 Å². The number of nitrogens with zero attached hydrogens (tertiary/aromatic N) is 1. The molecule has 1 saturated heterocycles. The van der Waals surface area contributed by atoms with Crippen molar-refractivity contribution in [3.05, 3.63) is 0 Å². The lowest BCUT2D eigenvalue weighted by Gasteiger charge is -2.37. The van der Waals surface area contributed by atoms with Crippen molar-refractivity contribution in [1.29, 1.82) is 0 Å². The third-order valence-electron chi connectivity index (χ3n) is 4.15. The number of likely N-dealkylation sites (N-methyl/N-ethyl adjacent to an activating group) is 1. The van der Waals surface area contributed by atoms with Gasteiger partial charge in [0.1, 0.15) is 0 Å². The second kappa shape index (κ2) is 5.99. The normalized spacial score (nSPS) is 33.2. The van der Waals surface area contributed by atoms with Crippen LogP contribution in [-0.2, 0) is 4.74 Å². The average Bonchev–Trinajstić information content (AvgIpc) is 2.31. The second-order valence-electron chi connectivity index (χ2n) is 5.41. The molecule has 1 aliphatic heterocycles. The van der Waals surface area contributed by atoms with Crippen molar-refractivity contribution in [3.63, 3.8) is 0 Å². The molecule has 2 atom stereocenters. The topological polar surface area (TPSA) is 32.7 Å². The Hall–Kier alpha value is -0.120. The maximum absolute atomic E-state index is 10.0. The first-order chi connectivity index (χ1) is 7.77. The fraction of sp³-hybridized carbons (Fsp3) is 1.00. The fourth-order valence-electron chi connectivity index (χ4n) is 3.08. The molecule has 1 saturated carbocycles. The largest absolute Gasteiger partial charge is 0.391 e. The predicted octanol–water partition coefficient (Wildman–Crippen LogP) is 1.65. The number of hydrogen-bond acceptors (Lipinski definition) is 3. The quantitative estimate of drug-likeness (QED) is 0.795. The van der Waals surface area contributed by atoms with Gasteiger partial charge in [-0.25, -0.2) is 0 Å². The first-order valence-electron chi connectivity index (χ1n) is 6.73. The van der Waals surface area contributed by atoms with Crippen LogP contribution in [0.25, 0.3) is 0 Å². The molecule has 2 aliphatic rings. The van der Waals surface area contributed by atoms with Gasteiger partial charge in [0.15, 0.2) is 0 Å². The second-order valence-corrected chi connectivity index (χ2v) is 5.41. The highest BCUT2D eigenvalue weighted by Gasteiger charge is 2.28. The Morgan fingerprint density at radius 2 is 1.81 bits per heavy atom. The summed E-state index contributed by atoms with van der Waals surface area (Å²) in [4.78, 5) is 2.39. The number of hydrogen-bond donors (Lipinski definition) is 1. The molecule has 0 radical (unpaired) electrons. The minimum Gasteiger partial charge on any atom is -0.391 e. The van der Waals surface area contributed by atoms with Crippen molar-refractivity contribution in [2.24, 2.45) is 5.92 Å². The van der Waals surface area contributed by atoms with Crippen molar-refractivity contribution >= 4 is 0 Å². The van der Waals surface area contributed by atoms with Crippen LogP contribution in [0.15, 0.2) is 0 Å². The molecule has 3 nitrogen and oxygen atoms in total. The molecule has 1 N–H and O–H groups in total. The van der Waals surface area contributed by atoms with E-state index in [4.69, 9.17) is 4.74 Å². The molecule has 1 heterocycles. The van der Waals surface area contributed by atoms with Gasteiger partial charge in [-0.1, -0.05) is 12.8 Å². The van der Waals surface area contributed by atoms with Crippen LogP contribution >= 0.6 is 0 Å². The van der Waals surface area contributed by atoms with Crippen molar-refractivity contribution < 1.29 is 9.84 Å². The summed E-state index contributed by atoms with van der Waals surface area (Å²) in [6, 6.07) is 0.400. The van der Waals surface area contributed by atoms with Gasteiger partial charge in [0, 0.05) is 25.8 Å². The van der Waals surface area contributed by atoms with Crippen molar-refractivity contribution in [2.45, 2.75) is 50.7 Å². The van der Waals surface area contributed by atoms with E-state index in [0.717, 1.165) is 32.1 Å². The Morgan fingerprint density at radius 1 is 1.12 bits per heavy atom. The van der Waals surface area contributed by atoms with Gasteiger partial charge in [-0.15, -0.1) is 0 Å². The summed E-state index contributed by atoms with van der Waals surface area (Å²) in [7, 11) is 2.18. The zero-order valence-electron chi connectivity index (χ0n) is 10.4. The molecular weight excluding hydrogens is 202 g/mol. The van der Waals surface area contributed by atoms with E-state index in [9.17, 15) is 5.11 Å². The van der Waals surface area contributed by atoms with Crippen molar-refractivity contribution in [2.75, 3.05) is 26.8 Å². The van der Waals surface area contributed by atoms with Crippen LogP contribution < -0.4 is 0 Å². The van der Waals surface area contributed by atoms with Gasteiger partial charge >= 0.3 is 0 Å². The minimum absolute atomic E-state index is 0.0985. The van der Waals surface area contributed by atoms with E-state index >= 15 is 0 Å². The summed E-state index contributed by atoms with van der Waals surface area (Å²) in [6.07, 6.45) is 6.91. The summed E-state index contributed by atoms with van der Waals surface area (Å²) >= 11 is 0. The first-order valence-corrected chi connectivity index (χ1v) is 6.73. The molecule has 0 aromatic carbocycles. The Labute approximate surface area is 98.8 Å². The lowest BCUT2D eigenvalue weighted by Crippen LogP contribution is -2.45. The average molecular weight is 227 g/mol. The SMILES string of the molecule is CN(CC1CCOCC1)[C@H]1CCCC[C@@H]1O. The number of ether oxygens (including phenoxy) is 1. The third-order valence-corrected chi connectivity index (χ3v) is 4.15. The monoisotopic (exact) mass is 227 g/mol. The summed E-state index contributed by atoms with van der Waals surface area (Å²) in [5.41, 5.74) is 0. The van der Waals surface area contributed by atoms with E-state index < -0.39 is 0 Å². The van der Waals surface area contributed by atoms with Gasteiger partial charge in [-0.2, -0.15) is 0 Å². The van der Waals surface area contributed by atoms with Crippen LogP contribution in [0.2, 0.25) is 0 Å². The maximum Gasteiger partial charge on any atom is 0.0695 e. The van der Waals surface area contributed by atoms with Gasteiger partial charge in [0.2, 0.25) is 0 Å². The van der Waals surface area contributed by atoms with Crippen molar-refractivity contribution in [1.82, 2.24) is 4.90 Å². The Morgan fingerprint density at radius 3 is 2.50 bits per heavy atom. The molecule has 1 aliphatic carbocycles. The van der Waals surface area contributed by atoms with E-state index in [1.54, 1.807) is 0 Å². The molecule has 0 amide bonds. The lowest BCUT2D eigenvalue weighted by atomic mass is 9.90. The molecule has 94 valence electrons. The molecular formula is C13H25NO2. The molecule has 2 fully saturated rings. The number of aliphatic hydroxyl groups excluding tert-OH is 1. The highest BCUT2D eigenvalue weighted by molar-refractivity contribution is 4.82. The molecule has 2 rings (SSSR count). The van der Waals surface area contributed by atoms with Gasteiger partial charge in [0.25, 0.3) is 0 Å². The Kier molecular flexibility index (Phi) is 4.62. The maximum atomic E-state index is 10.0. The molecule has 3 heteroatoms. The van der Waals surface area contributed by atoms with Crippen LogP contribution in [0.4, 0.5) is 0 Å². The van der Waals surface area contributed by atoms with Gasteiger partial charge in [-0.05, 0) is 38.6 Å². The fourth-order valence-corrected chi connectivity index (χ4v) is 3.08. The smallest absolute Gasteiger partial charge is 0.0695 e. The summed E-state index contributed by atoms with van der Waals surface area (Å²) in [5, 5.41) is 10.0. The number of aliphatic hydroxyl groups is 1. The molecule has 0 aromatic heterocycles. The summed E-state index contributed by atoms with van der Waals surface area (Å²) in [5.74, 6) is 0.771. The highest BCUT2D eigenvalue weighted by Crippen LogP contribution is 2.24. The van der Waals surface area contributed by atoms with Gasteiger partial charge in [-0.3, -0.25) is 0 Å². The Balaban J connectivity index is 1.78. The van der Waals surface area contributed by atoms with E-state index in [1.165, 1.54) is 32.1 Å². The van der Waals surface area contributed by atoms with E-state index in [0.29, 0.717) is 6.04 Å². The van der Waals surface area contributed by atoms with Crippen LogP contribution in [0, 0.1) is 5.92 Å². The molecule has 16 heavy (non-hydrogen) atoms. The summed E-state index contributed by atoms with van der Waals surface area (Å²) < 4.78 is 5.38. The molecule has 0 aromatic rings. The van der Waals surface area contributed by atoms with Crippen molar-refractivity contribution in [3.8, 4) is 0 Å². The minimum atomic E-state index is -0.0985. The molecule has 0 unspecified atom stereocenters. The van der Waals surface area contributed by atoms with Gasteiger partial charge in [0.05, 0.1) is 6.10 Å². The molecule has 0 bridgehead atoms. The zero-order valence-corrected chi connectivity index (χ0v) is 10.4. The Bertz CT molecular complexity index is 204.